The Balaban J connectivity index is 1.69. The molecule has 3 N–H and O–H groups in total. The minimum absolute atomic E-state index is 0.0250. The van der Waals surface area contributed by atoms with E-state index in [4.69, 9.17) is 17.3 Å². The number of halogens is 5. The molecule has 0 bridgehead atoms. The van der Waals surface area contributed by atoms with Gasteiger partial charge < -0.3 is 10.8 Å². The molecule has 3 atom stereocenters. The van der Waals surface area contributed by atoms with Crippen LogP contribution in [0, 0.1) is 11.6 Å². The van der Waals surface area contributed by atoms with Crippen LogP contribution < -0.4 is 5.73 Å². The van der Waals surface area contributed by atoms with Gasteiger partial charge in [0, 0.05) is 36.1 Å². The van der Waals surface area contributed by atoms with E-state index in [2.05, 4.69) is 4.99 Å². The molecule has 0 saturated heterocycles. The van der Waals surface area contributed by atoms with E-state index in [0.29, 0.717) is 11.1 Å². The number of rotatable bonds is 3. The summed E-state index contributed by atoms with van der Waals surface area (Å²) in [6.45, 7) is 1.64. The third-order valence-electron chi connectivity index (χ3n) is 6.33. The molecular weight excluding hydrogens is 462 g/mol. The monoisotopic (exact) mass is 483 g/mol. The van der Waals surface area contributed by atoms with Gasteiger partial charge in [0.05, 0.1) is 17.0 Å². The molecule has 1 amide bonds. The standard InChI is InChI=1S/C23H22ClF4N3O2/c1-22(16-4-2-3-15(20(16)24)14-6-5-12(25)9-17(14)26)11-19(33)31(21(29)30-22)13-7-8-23(27,28)18(32)10-13/h2-6,9,13,18,32H,7-8,10-11H2,1H3,(H2,29,30)/t13-,18-,22+/m1/s1. The molecule has 0 unspecified atom stereocenters. The van der Waals surface area contributed by atoms with E-state index in [1.807, 2.05) is 0 Å². The molecule has 2 aromatic rings. The molecule has 4 rings (SSSR count). The normalized spacial score (nSPS) is 27.4. The van der Waals surface area contributed by atoms with Crippen LogP contribution in [0.15, 0.2) is 41.4 Å². The van der Waals surface area contributed by atoms with Crippen LogP contribution >= 0.6 is 11.6 Å². The minimum atomic E-state index is -3.21. The van der Waals surface area contributed by atoms with E-state index in [1.54, 1.807) is 25.1 Å². The van der Waals surface area contributed by atoms with Gasteiger partial charge in [-0.15, -0.1) is 0 Å². The van der Waals surface area contributed by atoms with Gasteiger partial charge in [-0.1, -0.05) is 29.8 Å². The van der Waals surface area contributed by atoms with Crippen LogP contribution in [-0.4, -0.2) is 39.9 Å². The Labute approximate surface area is 192 Å². The van der Waals surface area contributed by atoms with Crippen LogP contribution in [0.3, 0.4) is 0 Å². The van der Waals surface area contributed by atoms with Crippen molar-refractivity contribution < 1.29 is 27.5 Å². The number of aliphatic hydroxyl groups is 1. The Kier molecular flexibility index (Phi) is 5.90. The van der Waals surface area contributed by atoms with Gasteiger partial charge in [0.1, 0.15) is 17.7 Å². The molecule has 2 aromatic carbocycles. The molecular formula is C23H22ClF4N3O2. The molecule has 33 heavy (non-hydrogen) atoms. The lowest BCUT2D eigenvalue weighted by Crippen LogP contribution is -2.57. The van der Waals surface area contributed by atoms with Crippen molar-refractivity contribution in [3.8, 4) is 11.1 Å². The number of carbonyl (C=O) groups excluding carboxylic acids is 1. The highest BCUT2D eigenvalue weighted by atomic mass is 35.5. The fourth-order valence-corrected chi connectivity index (χ4v) is 5.00. The minimum Gasteiger partial charge on any atom is -0.387 e. The van der Waals surface area contributed by atoms with Gasteiger partial charge in [0.2, 0.25) is 5.91 Å². The van der Waals surface area contributed by atoms with Crippen LogP contribution in [0.25, 0.3) is 11.1 Å². The first kappa shape index (κ1) is 23.5. The highest BCUT2D eigenvalue weighted by Gasteiger charge is 2.48. The van der Waals surface area contributed by atoms with Crippen LogP contribution in [0.1, 0.15) is 38.2 Å². The van der Waals surface area contributed by atoms with Gasteiger partial charge in [-0.05, 0) is 31.0 Å². The second-order valence-electron chi connectivity index (χ2n) is 8.68. The summed E-state index contributed by atoms with van der Waals surface area (Å²) in [7, 11) is 0. The first-order valence-corrected chi connectivity index (χ1v) is 10.8. The summed E-state index contributed by atoms with van der Waals surface area (Å²) >= 11 is 6.60. The summed E-state index contributed by atoms with van der Waals surface area (Å²) in [6.07, 6.45) is -2.94. The van der Waals surface area contributed by atoms with Crippen LogP contribution in [0.5, 0.6) is 0 Å². The number of alkyl halides is 2. The van der Waals surface area contributed by atoms with Crippen molar-refractivity contribution in [1.82, 2.24) is 4.90 Å². The summed E-state index contributed by atoms with van der Waals surface area (Å²) < 4.78 is 55.1. The van der Waals surface area contributed by atoms with Crippen molar-refractivity contribution in [1.29, 1.82) is 0 Å². The maximum absolute atomic E-state index is 14.4. The van der Waals surface area contributed by atoms with Gasteiger partial charge in [-0.25, -0.2) is 22.6 Å². The first-order chi connectivity index (χ1) is 15.4. The summed E-state index contributed by atoms with van der Waals surface area (Å²) in [6, 6.07) is 7.26. The number of aliphatic imine (C=N–C) groups is 1. The molecule has 1 aliphatic carbocycles. The molecule has 1 heterocycles. The largest absolute Gasteiger partial charge is 0.387 e. The smallest absolute Gasteiger partial charge is 0.273 e. The fourth-order valence-electron chi connectivity index (χ4n) is 4.57. The molecule has 0 spiro atoms. The Morgan fingerprint density at radius 2 is 1.94 bits per heavy atom. The number of aliphatic hydroxyl groups excluding tert-OH is 1. The summed E-state index contributed by atoms with van der Waals surface area (Å²) in [4.78, 5) is 18.7. The van der Waals surface area contributed by atoms with Crippen molar-refractivity contribution in [3.63, 3.8) is 0 Å². The maximum atomic E-state index is 14.4. The Morgan fingerprint density at radius 3 is 2.58 bits per heavy atom. The number of guanidine groups is 1. The second-order valence-corrected chi connectivity index (χ2v) is 9.06. The van der Waals surface area contributed by atoms with Gasteiger partial charge in [-0.3, -0.25) is 9.69 Å². The predicted octanol–water partition coefficient (Wildman–Crippen LogP) is 4.60. The summed E-state index contributed by atoms with van der Waals surface area (Å²) in [5, 5.41) is 9.90. The predicted molar refractivity (Wildman–Crippen MR) is 116 cm³/mol. The third-order valence-corrected chi connectivity index (χ3v) is 6.74. The number of nitrogens with zero attached hydrogens (tertiary/aromatic N) is 2. The molecule has 0 aromatic heterocycles. The summed E-state index contributed by atoms with van der Waals surface area (Å²) in [5.74, 6) is -5.33. The number of hydrogen-bond acceptors (Lipinski definition) is 4. The van der Waals surface area contributed by atoms with Gasteiger partial charge in [0.15, 0.2) is 5.96 Å². The van der Waals surface area contributed by atoms with Crippen molar-refractivity contribution >= 4 is 23.5 Å². The van der Waals surface area contributed by atoms with Crippen LogP contribution in [-0.2, 0) is 10.3 Å². The third kappa shape index (κ3) is 4.19. The molecule has 1 fully saturated rings. The van der Waals surface area contributed by atoms with Crippen molar-refractivity contribution in [3.05, 3.63) is 58.6 Å². The molecule has 0 radical (unpaired) electrons. The van der Waals surface area contributed by atoms with Crippen LogP contribution in [0.2, 0.25) is 5.02 Å². The number of carbonyl (C=O) groups is 1. The maximum Gasteiger partial charge on any atom is 0.273 e. The van der Waals surface area contributed by atoms with Gasteiger partial charge in [-0.2, -0.15) is 0 Å². The topological polar surface area (TPSA) is 78.9 Å². The zero-order chi connectivity index (χ0) is 24.1. The van der Waals surface area contributed by atoms with E-state index < -0.39 is 47.6 Å². The van der Waals surface area contributed by atoms with E-state index in [9.17, 15) is 27.5 Å². The zero-order valence-electron chi connectivity index (χ0n) is 17.7. The number of nitrogens with two attached hydrogens (primary N) is 1. The average molecular weight is 484 g/mol. The first-order valence-electron chi connectivity index (χ1n) is 10.4. The van der Waals surface area contributed by atoms with Crippen molar-refractivity contribution in [2.75, 3.05) is 0 Å². The Morgan fingerprint density at radius 1 is 1.21 bits per heavy atom. The van der Waals surface area contributed by atoms with Crippen molar-refractivity contribution in [2.24, 2.45) is 10.7 Å². The second kappa shape index (κ2) is 8.29. The Bertz CT molecular complexity index is 1140. The molecule has 2 aliphatic rings. The van der Waals surface area contributed by atoms with Crippen LogP contribution in [0.4, 0.5) is 17.6 Å². The van der Waals surface area contributed by atoms with E-state index in [0.717, 1.165) is 17.0 Å². The summed E-state index contributed by atoms with van der Waals surface area (Å²) in [5.41, 5.74) is 5.71. The number of amides is 1. The molecule has 1 aliphatic heterocycles. The number of benzene rings is 2. The molecule has 176 valence electrons. The van der Waals surface area contributed by atoms with E-state index in [-0.39, 0.29) is 35.8 Å². The van der Waals surface area contributed by atoms with E-state index >= 15 is 0 Å². The lowest BCUT2D eigenvalue weighted by atomic mass is 9.84. The Hall–Kier alpha value is -2.65. The van der Waals surface area contributed by atoms with Gasteiger partial charge >= 0.3 is 0 Å². The lowest BCUT2D eigenvalue weighted by molar-refractivity contribution is -0.151. The average Bonchev–Trinajstić information content (AvgIpc) is 2.71. The van der Waals surface area contributed by atoms with E-state index in [1.165, 1.54) is 6.07 Å². The van der Waals surface area contributed by atoms with Crippen molar-refractivity contribution in [2.45, 2.75) is 56.2 Å². The van der Waals surface area contributed by atoms with Gasteiger partial charge in [0.25, 0.3) is 5.92 Å². The highest BCUT2D eigenvalue weighted by Crippen LogP contribution is 2.43. The molecule has 10 heteroatoms. The highest BCUT2D eigenvalue weighted by molar-refractivity contribution is 6.34. The molecule has 5 nitrogen and oxygen atoms in total. The zero-order valence-corrected chi connectivity index (χ0v) is 18.4. The number of hydrogen-bond donors (Lipinski definition) is 2. The fraction of sp³-hybridized carbons (Fsp3) is 0.391. The molecule has 1 saturated carbocycles. The lowest BCUT2D eigenvalue weighted by Gasteiger charge is -2.43. The quantitative estimate of drug-likeness (QED) is 0.626. The SMILES string of the molecule is C[C@@]1(c2cccc(-c3ccc(F)cc3F)c2Cl)CC(=O)N([C@@H]2CCC(F)(F)[C@H](O)C2)C(N)=N1.